The monoisotopic (exact) mass is 528 g/mol. The lowest BCUT2D eigenvalue weighted by molar-refractivity contribution is -0.136. The lowest BCUT2D eigenvalue weighted by Crippen LogP contribution is -2.37. The van der Waals surface area contributed by atoms with Crippen molar-refractivity contribution in [2.75, 3.05) is 24.2 Å². The van der Waals surface area contributed by atoms with Gasteiger partial charge in [-0.15, -0.1) is 0 Å². The first kappa shape index (κ1) is 24.2. The van der Waals surface area contributed by atoms with Crippen LogP contribution in [0.1, 0.15) is 30.5 Å². The smallest absolute Gasteiger partial charge is 0.417 e. The van der Waals surface area contributed by atoms with Gasteiger partial charge in [0.25, 0.3) is 0 Å². The van der Waals surface area contributed by atoms with Crippen molar-refractivity contribution in [3.05, 3.63) is 47.4 Å². The van der Waals surface area contributed by atoms with Crippen molar-refractivity contribution in [3.8, 4) is 17.0 Å². The lowest BCUT2D eigenvalue weighted by atomic mass is 9.95. The minimum absolute atomic E-state index is 0.0238. The first-order valence-corrected chi connectivity index (χ1v) is 13.4. The molecule has 1 N–H and O–H groups in total. The zero-order chi connectivity index (χ0) is 26.1. The Hall–Kier alpha value is -3.14. The summed E-state index contributed by atoms with van der Waals surface area (Å²) in [6, 6.07) is 6.03. The SMILES string of the molecule is CSc1nc(N2CC3CCC(C3)C2)c2c(C)nc(-c3cc(O)cc4cccc(C(F)(F)F)c34)c(F)c2n1. The molecule has 6 rings (SSSR count). The number of phenols is 1. The number of piperidine rings is 1. The number of anilines is 1. The maximum absolute atomic E-state index is 16.3. The van der Waals surface area contributed by atoms with Crippen molar-refractivity contribution in [2.24, 2.45) is 11.8 Å². The van der Waals surface area contributed by atoms with Crippen LogP contribution in [-0.2, 0) is 6.18 Å². The molecule has 2 aliphatic rings. The number of aromatic hydroxyl groups is 1. The Morgan fingerprint density at radius 1 is 1.03 bits per heavy atom. The molecule has 2 fully saturated rings. The van der Waals surface area contributed by atoms with E-state index in [1.54, 1.807) is 13.2 Å². The number of phenolic OH excluding ortho intramolecular Hbond substituents is 1. The molecule has 2 unspecified atom stereocenters. The van der Waals surface area contributed by atoms with Gasteiger partial charge in [0.2, 0.25) is 0 Å². The maximum Gasteiger partial charge on any atom is 0.417 e. The van der Waals surface area contributed by atoms with Gasteiger partial charge in [0.15, 0.2) is 11.0 Å². The van der Waals surface area contributed by atoms with Gasteiger partial charge in [0.1, 0.15) is 22.8 Å². The highest BCUT2D eigenvalue weighted by Gasteiger charge is 2.36. The molecule has 5 nitrogen and oxygen atoms in total. The molecule has 1 saturated heterocycles. The van der Waals surface area contributed by atoms with E-state index in [1.807, 2.05) is 0 Å². The summed E-state index contributed by atoms with van der Waals surface area (Å²) in [5.74, 6) is 0.649. The minimum atomic E-state index is -4.68. The number of benzene rings is 2. The van der Waals surface area contributed by atoms with Crippen LogP contribution in [-0.4, -0.2) is 39.4 Å². The first-order valence-electron chi connectivity index (χ1n) is 12.1. The van der Waals surface area contributed by atoms with Crippen LogP contribution in [0.5, 0.6) is 5.75 Å². The van der Waals surface area contributed by atoms with Gasteiger partial charge < -0.3 is 10.0 Å². The summed E-state index contributed by atoms with van der Waals surface area (Å²) >= 11 is 1.28. The van der Waals surface area contributed by atoms with Crippen LogP contribution in [0.2, 0.25) is 0 Å². The molecule has 1 saturated carbocycles. The van der Waals surface area contributed by atoms with E-state index < -0.39 is 17.6 Å². The van der Waals surface area contributed by atoms with E-state index in [9.17, 15) is 18.3 Å². The standard InChI is InChI=1S/C27H24F4N4OS/c1-13-20-24(33-26(37-2)34-25(20)35-11-14-6-7-15(8-14)12-35)22(28)23(32-13)18-10-17(36)9-16-4-3-5-19(21(16)18)27(29,30)31/h3-5,9-10,14-15,36H,6-8,11-12H2,1-2H3. The van der Waals surface area contributed by atoms with Crippen LogP contribution in [0.3, 0.4) is 0 Å². The Morgan fingerprint density at radius 2 is 1.76 bits per heavy atom. The molecule has 2 atom stereocenters. The van der Waals surface area contributed by atoms with Gasteiger partial charge in [-0.3, -0.25) is 0 Å². The van der Waals surface area contributed by atoms with Gasteiger partial charge in [0, 0.05) is 24.0 Å². The van der Waals surface area contributed by atoms with Crippen LogP contribution in [0.25, 0.3) is 32.9 Å². The molecule has 37 heavy (non-hydrogen) atoms. The fourth-order valence-corrected chi connectivity index (χ4v) is 6.38. The Morgan fingerprint density at radius 3 is 2.43 bits per heavy atom. The van der Waals surface area contributed by atoms with Crippen LogP contribution in [0.4, 0.5) is 23.4 Å². The van der Waals surface area contributed by atoms with Crippen LogP contribution in [0.15, 0.2) is 35.5 Å². The molecule has 10 heteroatoms. The third-order valence-corrected chi connectivity index (χ3v) is 8.09. The number of aryl methyl sites for hydroxylation is 1. The van der Waals surface area contributed by atoms with E-state index in [0.29, 0.717) is 33.9 Å². The third kappa shape index (κ3) is 4.05. The second-order valence-electron chi connectivity index (χ2n) is 9.96. The summed E-state index contributed by atoms with van der Waals surface area (Å²) in [5.41, 5.74) is -0.884. The first-order chi connectivity index (χ1) is 17.6. The van der Waals surface area contributed by atoms with Crippen LogP contribution >= 0.6 is 11.8 Å². The Balaban J connectivity index is 1.63. The Kier molecular flexibility index (Phi) is 5.70. The summed E-state index contributed by atoms with van der Waals surface area (Å²) in [4.78, 5) is 15.9. The molecule has 2 aromatic carbocycles. The van der Waals surface area contributed by atoms with Crippen molar-refractivity contribution in [1.29, 1.82) is 0 Å². The zero-order valence-electron chi connectivity index (χ0n) is 20.2. The molecular weight excluding hydrogens is 504 g/mol. The normalized spacial score (nSPS) is 19.8. The summed E-state index contributed by atoms with van der Waals surface area (Å²) in [6.07, 6.45) is 0.651. The van der Waals surface area contributed by atoms with Crippen LogP contribution in [0, 0.1) is 24.6 Å². The van der Waals surface area contributed by atoms with E-state index in [4.69, 9.17) is 4.98 Å². The van der Waals surface area contributed by atoms with Crippen molar-refractivity contribution in [1.82, 2.24) is 15.0 Å². The van der Waals surface area contributed by atoms with E-state index in [0.717, 1.165) is 25.2 Å². The number of rotatable bonds is 3. The maximum atomic E-state index is 16.3. The van der Waals surface area contributed by atoms with E-state index in [2.05, 4.69) is 14.9 Å². The molecule has 4 aromatic rings. The second kappa shape index (κ2) is 8.72. The highest BCUT2D eigenvalue weighted by atomic mass is 32.2. The summed E-state index contributed by atoms with van der Waals surface area (Å²) < 4.78 is 58.2. The summed E-state index contributed by atoms with van der Waals surface area (Å²) in [6.45, 7) is 3.35. The van der Waals surface area contributed by atoms with E-state index in [1.165, 1.54) is 49.2 Å². The fourth-order valence-electron chi connectivity index (χ4n) is 6.02. The molecule has 1 aliphatic heterocycles. The summed E-state index contributed by atoms with van der Waals surface area (Å²) in [5, 5.41) is 11.1. The van der Waals surface area contributed by atoms with Gasteiger partial charge in [-0.2, -0.15) is 13.2 Å². The topological polar surface area (TPSA) is 62.1 Å². The zero-order valence-corrected chi connectivity index (χ0v) is 21.0. The fraction of sp³-hybridized carbons (Fsp3) is 0.370. The molecule has 1 aliphatic carbocycles. The van der Waals surface area contributed by atoms with Crippen molar-refractivity contribution in [3.63, 3.8) is 0 Å². The Labute approximate surface area is 214 Å². The number of pyridine rings is 1. The van der Waals surface area contributed by atoms with Crippen molar-refractivity contribution >= 4 is 39.3 Å². The quantitative estimate of drug-likeness (QED) is 0.176. The molecule has 2 bridgehead atoms. The predicted octanol–water partition coefficient (Wildman–Crippen LogP) is 6.98. The molecule has 0 radical (unpaired) electrons. The minimum Gasteiger partial charge on any atom is -0.508 e. The number of hydrogen-bond acceptors (Lipinski definition) is 6. The number of fused-ring (bicyclic) bond motifs is 4. The van der Waals surface area contributed by atoms with Crippen molar-refractivity contribution < 1.29 is 22.7 Å². The highest BCUT2D eigenvalue weighted by molar-refractivity contribution is 7.98. The average Bonchev–Trinajstić information content (AvgIpc) is 3.21. The van der Waals surface area contributed by atoms with Gasteiger partial charge in [-0.1, -0.05) is 23.9 Å². The largest absolute Gasteiger partial charge is 0.508 e. The molecule has 192 valence electrons. The number of halogens is 4. The second-order valence-corrected chi connectivity index (χ2v) is 10.7. The van der Waals surface area contributed by atoms with Gasteiger partial charge >= 0.3 is 6.18 Å². The summed E-state index contributed by atoms with van der Waals surface area (Å²) in [7, 11) is 0. The molecule has 3 heterocycles. The third-order valence-electron chi connectivity index (χ3n) is 7.54. The average molecular weight is 529 g/mol. The van der Waals surface area contributed by atoms with Crippen molar-refractivity contribution in [2.45, 2.75) is 37.5 Å². The van der Waals surface area contributed by atoms with Gasteiger partial charge in [-0.25, -0.2) is 19.3 Å². The van der Waals surface area contributed by atoms with Crippen LogP contribution < -0.4 is 4.90 Å². The molecular formula is C27H24F4N4OS. The molecule has 0 spiro atoms. The predicted molar refractivity (Wildman–Crippen MR) is 136 cm³/mol. The van der Waals surface area contributed by atoms with E-state index in [-0.39, 0.29) is 33.3 Å². The highest BCUT2D eigenvalue weighted by Crippen LogP contribution is 2.44. The molecule has 2 aromatic heterocycles. The van der Waals surface area contributed by atoms with Gasteiger partial charge in [-0.05, 0) is 67.9 Å². The molecule has 0 amide bonds. The lowest BCUT2D eigenvalue weighted by Gasteiger charge is -2.33. The van der Waals surface area contributed by atoms with Gasteiger partial charge in [0.05, 0.1) is 16.6 Å². The number of nitrogens with zero attached hydrogens (tertiary/aromatic N) is 4. The number of aromatic nitrogens is 3. The Bertz CT molecular complexity index is 1550. The number of hydrogen-bond donors (Lipinski definition) is 1. The number of alkyl halides is 3. The number of thioether (sulfide) groups is 1. The van der Waals surface area contributed by atoms with E-state index >= 15 is 4.39 Å².